The summed E-state index contributed by atoms with van der Waals surface area (Å²) >= 11 is 0. The summed E-state index contributed by atoms with van der Waals surface area (Å²) in [6.07, 6.45) is -0.967. The van der Waals surface area contributed by atoms with Crippen LogP contribution in [0.1, 0.15) is 12.5 Å². The van der Waals surface area contributed by atoms with Crippen molar-refractivity contribution in [2.45, 2.75) is 26.2 Å². The van der Waals surface area contributed by atoms with Crippen LogP contribution >= 0.6 is 0 Å². The van der Waals surface area contributed by atoms with Crippen LogP contribution in [-0.2, 0) is 11.3 Å². The molecule has 0 radical (unpaired) electrons. The van der Waals surface area contributed by atoms with E-state index in [0.717, 1.165) is 12.1 Å². The number of halogens is 4. The van der Waals surface area contributed by atoms with Crippen LogP contribution in [0.3, 0.4) is 0 Å². The van der Waals surface area contributed by atoms with Gasteiger partial charge in [0, 0.05) is 12.6 Å². The Hall–Kier alpha value is -2.77. The molecule has 1 amide bonds. The summed E-state index contributed by atoms with van der Waals surface area (Å²) < 4.78 is 59.8. The van der Waals surface area contributed by atoms with E-state index in [1.807, 2.05) is 0 Å². The van der Waals surface area contributed by atoms with Crippen molar-refractivity contribution in [3.8, 4) is 11.5 Å². The van der Waals surface area contributed by atoms with Gasteiger partial charge in [-0.25, -0.2) is 8.78 Å². The second-order valence-corrected chi connectivity index (χ2v) is 5.08. The lowest BCUT2D eigenvalue weighted by molar-refractivity contribution is -0.127. The lowest BCUT2D eigenvalue weighted by Gasteiger charge is -2.15. The van der Waals surface area contributed by atoms with E-state index >= 15 is 0 Å². The molecule has 0 aliphatic heterocycles. The largest absolute Gasteiger partial charge is 0.481 e. The van der Waals surface area contributed by atoms with Gasteiger partial charge >= 0.3 is 6.61 Å². The fraction of sp³-hybridized carbons (Fsp3) is 0.235. The van der Waals surface area contributed by atoms with Gasteiger partial charge in [0.05, 0.1) is 0 Å². The van der Waals surface area contributed by atoms with Gasteiger partial charge in [-0.15, -0.1) is 0 Å². The molecule has 0 saturated carbocycles. The van der Waals surface area contributed by atoms with Crippen molar-refractivity contribution < 1.29 is 31.8 Å². The summed E-state index contributed by atoms with van der Waals surface area (Å²) in [5.41, 5.74) is 0.548. The van der Waals surface area contributed by atoms with Crippen molar-refractivity contribution in [2.75, 3.05) is 0 Å². The third-order valence-corrected chi connectivity index (χ3v) is 3.16. The molecule has 0 aromatic heterocycles. The number of hydrogen-bond acceptors (Lipinski definition) is 3. The smallest absolute Gasteiger partial charge is 0.387 e. The first kappa shape index (κ1) is 18.6. The highest BCUT2D eigenvalue weighted by molar-refractivity contribution is 5.80. The Bertz CT molecular complexity index is 740. The van der Waals surface area contributed by atoms with Gasteiger partial charge in [0.2, 0.25) is 0 Å². The monoisotopic (exact) mass is 357 g/mol. The summed E-state index contributed by atoms with van der Waals surface area (Å²) in [7, 11) is 0. The Morgan fingerprint density at radius 1 is 1.04 bits per heavy atom. The fourth-order valence-electron chi connectivity index (χ4n) is 1.97. The highest BCUT2D eigenvalue weighted by Gasteiger charge is 2.15. The lowest BCUT2D eigenvalue weighted by atomic mass is 10.2. The van der Waals surface area contributed by atoms with E-state index in [1.54, 1.807) is 6.07 Å². The molecule has 0 aliphatic rings. The standard InChI is InChI=1S/C17H15F4NO3/c1-10(24-13-5-6-14(18)15(19)8-13)16(23)22-9-11-3-2-4-12(7-11)25-17(20)21/h2-8,10,17H,9H2,1H3,(H,22,23). The average molecular weight is 357 g/mol. The van der Waals surface area contributed by atoms with Crippen LogP contribution in [0.5, 0.6) is 11.5 Å². The Morgan fingerprint density at radius 2 is 1.76 bits per heavy atom. The molecule has 2 aromatic rings. The molecule has 0 spiro atoms. The van der Waals surface area contributed by atoms with Crippen molar-refractivity contribution in [2.24, 2.45) is 0 Å². The number of benzene rings is 2. The van der Waals surface area contributed by atoms with Crippen molar-refractivity contribution in [1.29, 1.82) is 0 Å². The molecule has 0 heterocycles. The molecule has 8 heteroatoms. The molecule has 25 heavy (non-hydrogen) atoms. The van der Waals surface area contributed by atoms with Gasteiger partial charge < -0.3 is 14.8 Å². The summed E-state index contributed by atoms with van der Waals surface area (Å²) in [5, 5.41) is 2.55. The Balaban J connectivity index is 1.89. The van der Waals surface area contributed by atoms with E-state index in [4.69, 9.17) is 4.74 Å². The first-order chi connectivity index (χ1) is 11.8. The third kappa shape index (κ3) is 5.66. The number of nitrogens with one attached hydrogen (secondary N) is 1. The van der Waals surface area contributed by atoms with Crippen LogP contribution in [0, 0.1) is 11.6 Å². The third-order valence-electron chi connectivity index (χ3n) is 3.16. The number of ether oxygens (including phenoxy) is 2. The van der Waals surface area contributed by atoms with Crippen LogP contribution in [0.15, 0.2) is 42.5 Å². The number of carbonyl (C=O) groups excluding carboxylic acids is 1. The molecule has 1 atom stereocenters. The van der Waals surface area contributed by atoms with Crippen molar-refractivity contribution in [3.63, 3.8) is 0 Å². The molecular formula is C17H15F4NO3. The Kier molecular flexibility index (Phi) is 6.21. The number of hydrogen-bond donors (Lipinski definition) is 1. The van der Waals surface area contributed by atoms with Gasteiger partial charge in [-0.1, -0.05) is 12.1 Å². The summed E-state index contributed by atoms with van der Waals surface area (Å²) in [6.45, 7) is -1.44. The topological polar surface area (TPSA) is 47.6 Å². The van der Waals surface area contributed by atoms with E-state index in [2.05, 4.69) is 10.1 Å². The molecule has 134 valence electrons. The van der Waals surface area contributed by atoms with Crippen LogP contribution < -0.4 is 14.8 Å². The minimum absolute atomic E-state index is 0.00822. The first-order valence-corrected chi connectivity index (χ1v) is 7.28. The van der Waals surface area contributed by atoms with Crippen LogP contribution in [0.2, 0.25) is 0 Å². The maximum atomic E-state index is 13.1. The zero-order valence-electron chi connectivity index (χ0n) is 13.1. The average Bonchev–Trinajstić information content (AvgIpc) is 2.55. The predicted molar refractivity (Wildman–Crippen MR) is 81.4 cm³/mol. The molecule has 0 bridgehead atoms. The normalized spacial score (nSPS) is 11.9. The highest BCUT2D eigenvalue weighted by Crippen LogP contribution is 2.18. The molecule has 4 nitrogen and oxygen atoms in total. The van der Waals surface area contributed by atoms with Crippen molar-refractivity contribution in [3.05, 3.63) is 59.7 Å². The first-order valence-electron chi connectivity index (χ1n) is 7.28. The second-order valence-electron chi connectivity index (χ2n) is 5.08. The molecule has 1 N–H and O–H groups in total. The van der Waals surface area contributed by atoms with E-state index in [0.29, 0.717) is 5.56 Å². The molecule has 0 saturated heterocycles. The molecule has 2 rings (SSSR count). The van der Waals surface area contributed by atoms with Gasteiger partial charge in [-0.05, 0) is 36.8 Å². The maximum Gasteiger partial charge on any atom is 0.387 e. The Morgan fingerprint density at radius 3 is 2.44 bits per heavy atom. The summed E-state index contributed by atoms with van der Waals surface area (Å²) in [5.74, 6) is -2.62. The minimum Gasteiger partial charge on any atom is -0.481 e. The van der Waals surface area contributed by atoms with Gasteiger partial charge in [0.25, 0.3) is 5.91 Å². The van der Waals surface area contributed by atoms with E-state index < -0.39 is 30.3 Å². The minimum atomic E-state index is -2.94. The molecular weight excluding hydrogens is 342 g/mol. The molecule has 1 unspecified atom stereocenters. The zero-order valence-corrected chi connectivity index (χ0v) is 13.1. The lowest BCUT2D eigenvalue weighted by Crippen LogP contribution is -2.35. The van der Waals surface area contributed by atoms with Crippen molar-refractivity contribution >= 4 is 5.91 Å². The van der Waals surface area contributed by atoms with Gasteiger partial charge in [0.15, 0.2) is 17.7 Å². The van der Waals surface area contributed by atoms with E-state index in [-0.39, 0.29) is 18.0 Å². The number of amides is 1. The zero-order chi connectivity index (χ0) is 18.4. The van der Waals surface area contributed by atoms with Crippen molar-refractivity contribution in [1.82, 2.24) is 5.32 Å². The van der Waals surface area contributed by atoms with Crippen LogP contribution in [0.4, 0.5) is 17.6 Å². The molecule has 0 fully saturated rings. The van der Waals surface area contributed by atoms with E-state index in [1.165, 1.54) is 31.2 Å². The van der Waals surface area contributed by atoms with E-state index in [9.17, 15) is 22.4 Å². The van der Waals surface area contributed by atoms with Crippen LogP contribution in [-0.4, -0.2) is 18.6 Å². The van der Waals surface area contributed by atoms with Gasteiger partial charge in [0.1, 0.15) is 11.5 Å². The summed E-state index contributed by atoms with van der Waals surface area (Å²) in [6, 6.07) is 8.81. The Labute approximate surface area is 141 Å². The predicted octanol–water partition coefficient (Wildman–Crippen LogP) is 3.65. The SMILES string of the molecule is CC(Oc1ccc(F)c(F)c1)C(=O)NCc1cccc(OC(F)F)c1. The number of rotatable bonds is 7. The van der Waals surface area contributed by atoms with Crippen LogP contribution in [0.25, 0.3) is 0 Å². The molecule has 0 aliphatic carbocycles. The van der Waals surface area contributed by atoms with Gasteiger partial charge in [-0.3, -0.25) is 4.79 Å². The second kappa shape index (κ2) is 8.36. The summed E-state index contributed by atoms with van der Waals surface area (Å²) in [4.78, 5) is 12.0. The number of carbonyl (C=O) groups is 1. The quantitative estimate of drug-likeness (QED) is 0.770. The highest BCUT2D eigenvalue weighted by atomic mass is 19.3. The molecule has 2 aromatic carbocycles. The maximum absolute atomic E-state index is 13.1. The number of alkyl halides is 2. The van der Waals surface area contributed by atoms with Gasteiger partial charge in [-0.2, -0.15) is 8.78 Å². The fourth-order valence-corrected chi connectivity index (χ4v) is 1.97.